The van der Waals surface area contributed by atoms with Gasteiger partial charge in [0.2, 0.25) is 11.8 Å². The van der Waals surface area contributed by atoms with Gasteiger partial charge in [0.15, 0.2) is 0 Å². The number of methoxy groups -OCH3 is 1. The van der Waals surface area contributed by atoms with Crippen LogP contribution in [0, 0.1) is 5.82 Å². The fourth-order valence-corrected chi connectivity index (χ4v) is 4.80. The van der Waals surface area contributed by atoms with Crippen LogP contribution in [0.3, 0.4) is 0 Å². The van der Waals surface area contributed by atoms with Crippen LogP contribution in [0.15, 0.2) is 54.6 Å². The van der Waals surface area contributed by atoms with E-state index < -0.39 is 18.2 Å². The van der Waals surface area contributed by atoms with Crippen LogP contribution in [-0.2, 0) is 27.3 Å². The summed E-state index contributed by atoms with van der Waals surface area (Å²) in [6.45, 7) is 1.35. The summed E-state index contributed by atoms with van der Waals surface area (Å²) in [6, 6.07) is 14.4. The molecule has 2 saturated heterocycles. The van der Waals surface area contributed by atoms with E-state index in [1.54, 1.807) is 41.1 Å². The highest BCUT2D eigenvalue weighted by molar-refractivity contribution is 5.91. The lowest BCUT2D eigenvalue weighted by molar-refractivity contribution is -0.187. The Balaban J connectivity index is 1.58. The lowest BCUT2D eigenvalue weighted by Crippen LogP contribution is -2.76. The van der Waals surface area contributed by atoms with E-state index in [9.17, 15) is 18.8 Å². The highest BCUT2D eigenvalue weighted by atomic mass is 19.1. The van der Waals surface area contributed by atoms with Crippen molar-refractivity contribution in [2.24, 2.45) is 0 Å². The van der Waals surface area contributed by atoms with Crippen molar-refractivity contribution in [2.75, 3.05) is 40.4 Å². The molecule has 0 radical (unpaired) electrons. The van der Waals surface area contributed by atoms with Crippen molar-refractivity contribution >= 4 is 17.8 Å². The molecule has 1 N–H and O–H groups in total. The van der Waals surface area contributed by atoms with Gasteiger partial charge in [-0.1, -0.05) is 42.5 Å². The number of ether oxygens (including phenoxy) is 1. The van der Waals surface area contributed by atoms with Crippen molar-refractivity contribution in [1.29, 1.82) is 0 Å². The first-order chi connectivity index (χ1) is 17.4. The van der Waals surface area contributed by atoms with Crippen LogP contribution in [0.5, 0.6) is 0 Å². The van der Waals surface area contributed by atoms with Gasteiger partial charge in [0, 0.05) is 40.3 Å². The van der Waals surface area contributed by atoms with E-state index in [2.05, 4.69) is 5.32 Å². The lowest BCUT2D eigenvalue weighted by Gasteiger charge is -2.54. The summed E-state index contributed by atoms with van der Waals surface area (Å²) in [6.07, 6.45) is 0.351. The van der Waals surface area contributed by atoms with Gasteiger partial charge in [0.25, 0.3) is 0 Å². The molecule has 192 valence electrons. The summed E-state index contributed by atoms with van der Waals surface area (Å²) in [4.78, 5) is 43.4. The first-order valence-corrected chi connectivity index (χ1v) is 12.0. The molecular formula is C26H32FN5O4. The van der Waals surface area contributed by atoms with E-state index >= 15 is 0 Å². The second-order valence-corrected chi connectivity index (χ2v) is 9.06. The molecule has 9 nitrogen and oxygen atoms in total. The number of amides is 4. The Labute approximate surface area is 210 Å². The number of carbonyl (C=O) groups excluding carboxylic acids is 3. The van der Waals surface area contributed by atoms with Gasteiger partial charge in [-0.05, 0) is 29.7 Å². The maximum absolute atomic E-state index is 13.5. The molecule has 0 bridgehead atoms. The quantitative estimate of drug-likeness (QED) is 0.563. The summed E-state index contributed by atoms with van der Waals surface area (Å²) in [5.41, 5.74) is 1.69. The van der Waals surface area contributed by atoms with E-state index in [0.29, 0.717) is 26.0 Å². The van der Waals surface area contributed by atoms with Crippen LogP contribution in [0.25, 0.3) is 0 Å². The van der Waals surface area contributed by atoms with Crippen LogP contribution < -0.4 is 5.32 Å². The van der Waals surface area contributed by atoms with Crippen LogP contribution in [0.2, 0.25) is 0 Å². The molecule has 2 heterocycles. The van der Waals surface area contributed by atoms with Crippen molar-refractivity contribution in [3.63, 3.8) is 0 Å². The van der Waals surface area contributed by atoms with Crippen molar-refractivity contribution in [2.45, 2.75) is 31.6 Å². The van der Waals surface area contributed by atoms with E-state index in [1.165, 1.54) is 17.1 Å². The third kappa shape index (κ3) is 5.66. The van der Waals surface area contributed by atoms with Crippen molar-refractivity contribution in [3.05, 3.63) is 71.5 Å². The Morgan fingerprint density at radius 1 is 1.08 bits per heavy atom. The number of urea groups is 1. The smallest absolute Gasteiger partial charge is 0.334 e. The number of hydrogen-bond acceptors (Lipinski definition) is 5. The topological polar surface area (TPSA) is 85.4 Å². The normalized spacial score (nSPS) is 20.5. The fourth-order valence-electron chi connectivity index (χ4n) is 4.80. The second kappa shape index (κ2) is 11.5. The molecule has 4 amide bonds. The average molecular weight is 498 g/mol. The number of fused-ring (bicyclic) bond motifs is 1. The summed E-state index contributed by atoms with van der Waals surface area (Å²) < 4.78 is 18.4. The molecule has 0 saturated carbocycles. The molecule has 36 heavy (non-hydrogen) atoms. The maximum Gasteiger partial charge on any atom is 0.334 e. The summed E-state index contributed by atoms with van der Waals surface area (Å²) in [7, 11) is 3.30. The molecule has 0 unspecified atom stereocenters. The number of nitrogens with one attached hydrogen (secondary N) is 1. The van der Waals surface area contributed by atoms with Gasteiger partial charge < -0.3 is 19.9 Å². The standard InChI is InChI=1S/C26H32FN5O4/c1-29-18-24(33)31-22(15-19-7-4-3-5-8-19)25(34)30(13-6-14-36-2)17-23(31)32(29)26(35)28-16-20-9-11-21(27)12-10-20/h3-5,7-12,22-23H,6,13-18H2,1-2H3,(H,28,35)/t22-,23-/m0/s1. The molecule has 10 heteroatoms. The molecule has 0 aromatic heterocycles. The monoisotopic (exact) mass is 497 g/mol. The molecule has 0 aliphatic carbocycles. The van der Waals surface area contributed by atoms with Gasteiger partial charge in [-0.2, -0.15) is 0 Å². The molecule has 2 atom stereocenters. The molecule has 2 aromatic rings. The Bertz CT molecular complexity index is 1070. The van der Waals surface area contributed by atoms with E-state index in [0.717, 1.165) is 11.1 Å². The minimum absolute atomic E-state index is 0.0251. The Kier molecular flexibility index (Phi) is 8.17. The molecule has 2 aliphatic rings. The Hall–Kier alpha value is -3.50. The summed E-state index contributed by atoms with van der Waals surface area (Å²) in [5.74, 6) is -0.674. The highest BCUT2D eigenvalue weighted by Crippen LogP contribution is 2.28. The zero-order valence-electron chi connectivity index (χ0n) is 20.6. The Morgan fingerprint density at radius 2 is 1.81 bits per heavy atom. The van der Waals surface area contributed by atoms with Gasteiger partial charge in [-0.3, -0.25) is 9.59 Å². The average Bonchev–Trinajstić information content (AvgIpc) is 2.86. The lowest BCUT2D eigenvalue weighted by atomic mass is 9.98. The number of rotatable bonds is 8. The fraction of sp³-hybridized carbons (Fsp3) is 0.423. The molecule has 2 fully saturated rings. The number of likely N-dealkylation sites (N-methyl/N-ethyl adjacent to an activating group) is 1. The van der Waals surface area contributed by atoms with Crippen molar-refractivity contribution in [1.82, 2.24) is 25.1 Å². The summed E-state index contributed by atoms with van der Waals surface area (Å²) >= 11 is 0. The second-order valence-electron chi connectivity index (χ2n) is 9.06. The van der Waals surface area contributed by atoms with Crippen LogP contribution in [-0.4, -0.2) is 90.3 Å². The first-order valence-electron chi connectivity index (χ1n) is 12.0. The minimum atomic E-state index is -0.720. The molecular weight excluding hydrogens is 465 g/mol. The van der Waals surface area contributed by atoms with Crippen LogP contribution in [0.4, 0.5) is 9.18 Å². The van der Waals surface area contributed by atoms with E-state index in [-0.39, 0.29) is 37.3 Å². The summed E-state index contributed by atoms with van der Waals surface area (Å²) in [5, 5.41) is 5.97. The Morgan fingerprint density at radius 3 is 2.50 bits per heavy atom. The van der Waals surface area contributed by atoms with Gasteiger partial charge in [-0.15, -0.1) is 0 Å². The number of benzene rings is 2. The van der Waals surface area contributed by atoms with Crippen LogP contribution >= 0.6 is 0 Å². The predicted octanol–water partition coefficient (Wildman–Crippen LogP) is 1.84. The number of nitrogens with zero attached hydrogens (tertiary/aromatic N) is 4. The zero-order chi connectivity index (χ0) is 25.7. The molecule has 2 aliphatic heterocycles. The largest absolute Gasteiger partial charge is 0.385 e. The van der Waals surface area contributed by atoms with Gasteiger partial charge in [-0.25, -0.2) is 19.2 Å². The van der Waals surface area contributed by atoms with Crippen LogP contribution in [0.1, 0.15) is 17.5 Å². The third-order valence-electron chi connectivity index (χ3n) is 6.55. The number of hydrazine groups is 1. The first kappa shape index (κ1) is 25.6. The van der Waals surface area contributed by atoms with Crippen molar-refractivity contribution in [3.8, 4) is 0 Å². The zero-order valence-corrected chi connectivity index (χ0v) is 20.6. The van der Waals surface area contributed by atoms with E-state index in [1.807, 2.05) is 30.3 Å². The van der Waals surface area contributed by atoms with Gasteiger partial charge in [0.05, 0.1) is 13.1 Å². The number of hydrogen-bond donors (Lipinski definition) is 1. The number of halogens is 1. The molecule has 2 aromatic carbocycles. The highest BCUT2D eigenvalue weighted by Gasteiger charge is 2.50. The van der Waals surface area contributed by atoms with Gasteiger partial charge in [0.1, 0.15) is 18.0 Å². The molecule has 4 rings (SSSR count). The number of piperazine rings is 1. The van der Waals surface area contributed by atoms with Crippen molar-refractivity contribution < 1.29 is 23.5 Å². The predicted molar refractivity (Wildman–Crippen MR) is 131 cm³/mol. The third-order valence-corrected chi connectivity index (χ3v) is 6.55. The SMILES string of the molecule is COCCCN1C[C@H]2N(C(=O)CN(C)N2C(=O)NCc2ccc(F)cc2)[C@@H](Cc2ccccc2)C1=O. The molecule has 0 spiro atoms. The number of carbonyl (C=O) groups is 3. The maximum atomic E-state index is 13.5. The minimum Gasteiger partial charge on any atom is -0.385 e. The van der Waals surface area contributed by atoms with Gasteiger partial charge >= 0.3 is 6.03 Å². The van der Waals surface area contributed by atoms with E-state index in [4.69, 9.17) is 4.74 Å².